The third-order valence-corrected chi connectivity index (χ3v) is 7.46. The summed E-state index contributed by atoms with van der Waals surface area (Å²) in [5, 5.41) is 9.00. The third kappa shape index (κ3) is 2.60. The highest BCUT2D eigenvalue weighted by Gasteiger charge is 2.21. The minimum Gasteiger partial charge on any atom is -0.308 e. The number of aromatic nitrogens is 2. The fraction of sp³-hybridized carbons (Fsp3) is 0.219. The molecule has 166 valence electrons. The molecule has 0 unspecified atom stereocenters. The maximum absolute atomic E-state index is 4.95. The molecule has 0 spiro atoms. The lowest BCUT2D eigenvalue weighted by Crippen LogP contribution is -2.09. The average Bonchev–Trinajstić information content (AvgIpc) is 3.11. The number of pyridine rings is 2. The molecule has 0 saturated heterocycles. The zero-order valence-electron chi connectivity index (χ0n) is 20.5. The molecule has 0 bridgehead atoms. The standard InChI is InChI=1S/C32H28N2/c1-18-6-9-23-19(2)30-26(16-22(23)14-18)29-28-21(12-13-33-29)8-11-25-24-10-7-20(17-32(3,4)5)15-27(24)34(30)31(25)28/h6-16H,17H2,1-5H3. The van der Waals surface area contributed by atoms with Crippen molar-refractivity contribution in [2.24, 2.45) is 5.41 Å². The summed E-state index contributed by atoms with van der Waals surface area (Å²) < 4.78 is 2.54. The first-order valence-electron chi connectivity index (χ1n) is 12.2. The molecule has 0 aliphatic rings. The van der Waals surface area contributed by atoms with Gasteiger partial charge in [0.25, 0.3) is 0 Å². The molecule has 0 amide bonds. The van der Waals surface area contributed by atoms with Crippen molar-refractivity contribution < 1.29 is 0 Å². The molecule has 4 aromatic carbocycles. The van der Waals surface area contributed by atoms with Crippen LogP contribution in [0.4, 0.5) is 0 Å². The van der Waals surface area contributed by atoms with E-state index < -0.39 is 0 Å². The summed E-state index contributed by atoms with van der Waals surface area (Å²) in [5.41, 5.74) is 9.23. The molecule has 0 saturated carbocycles. The number of hydrogen-bond donors (Lipinski definition) is 0. The summed E-state index contributed by atoms with van der Waals surface area (Å²) in [6.45, 7) is 11.4. The van der Waals surface area contributed by atoms with Crippen LogP contribution in [0.15, 0.2) is 66.9 Å². The molecular weight excluding hydrogens is 412 g/mol. The summed E-state index contributed by atoms with van der Waals surface area (Å²) in [7, 11) is 0. The first kappa shape index (κ1) is 19.8. The molecule has 7 aromatic rings. The van der Waals surface area contributed by atoms with Gasteiger partial charge in [-0.1, -0.05) is 68.8 Å². The van der Waals surface area contributed by atoms with Gasteiger partial charge < -0.3 is 4.40 Å². The first-order chi connectivity index (χ1) is 16.3. The summed E-state index contributed by atoms with van der Waals surface area (Å²) in [6.07, 6.45) is 3.02. The Morgan fingerprint density at radius 2 is 1.53 bits per heavy atom. The number of rotatable bonds is 1. The van der Waals surface area contributed by atoms with Crippen molar-refractivity contribution in [3.8, 4) is 0 Å². The van der Waals surface area contributed by atoms with E-state index >= 15 is 0 Å². The van der Waals surface area contributed by atoms with E-state index in [-0.39, 0.29) is 5.41 Å². The Labute approximate surface area is 199 Å². The van der Waals surface area contributed by atoms with Crippen LogP contribution in [0.2, 0.25) is 0 Å². The molecule has 0 N–H and O–H groups in total. The molecule has 0 aliphatic heterocycles. The smallest absolute Gasteiger partial charge is 0.0823 e. The van der Waals surface area contributed by atoms with Gasteiger partial charge in [0.05, 0.1) is 22.1 Å². The van der Waals surface area contributed by atoms with Crippen molar-refractivity contribution in [3.05, 3.63) is 83.6 Å². The summed E-state index contributed by atoms with van der Waals surface area (Å²) in [4.78, 5) is 4.95. The van der Waals surface area contributed by atoms with Crippen LogP contribution in [0.1, 0.15) is 37.5 Å². The van der Waals surface area contributed by atoms with Gasteiger partial charge >= 0.3 is 0 Å². The van der Waals surface area contributed by atoms with Gasteiger partial charge in [0, 0.05) is 27.7 Å². The lowest BCUT2D eigenvalue weighted by atomic mass is 9.88. The van der Waals surface area contributed by atoms with Gasteiger partial charge in [-0.05, 0) is 71.2 Å². The van der Waals surface area contributed by atoms with Gasteiger partial charge in [0.1, 0.15) is 0 Å². The summed E-state index contributed by atoms with van der Waals surface area (Å²) in [5.74, 6) is 0. The number of nitrogens with zero attached hydrogens (tertiary/aromatic N) is 2. The second kappa shape index (κ2) is 6.48. The van der Waals surface area contributed by atoms with Crippen LogP contribution in [0.5, 0.6) is 0 Å². The van der Waals surface area contributed by atoms with Crippen LogP contribution < -0.4 is 0 Å². The Kier molecular flexibility index (Phi) is 3.77. The average molecular weight is 441 g/mol. The van der Waals surface area contributed by atoms with E-state index in [0.717, 1.165) is 11.9 Å². The van der Waals surface area contributed by atoms with E-state index in [1.165, 1.54) is 70.9 Å². The third-order valence-electron chi connectivity index (χ3n) is 7.46. The topological polar surface area (TPSA) is 17.3 Å². The van der Waals surface area contributed by atoms with Crippen LogP contribution in [-0.4, -0.2) is 9.38 Å². The highest BCUT2D eigenvalue weighted by Crippen LogP contribution is 2.43. The Balaban J connectivity index is 1.79. The van der Waals surface area contributed by atoms with Gasteiger partial charge in [-0.15, -0.1) is 0 Å². The minimum absolute atomic E-state index is 0.243. The SMILES string of the molecule is Cc1ccc2c(C)c3c(cc2c1)c1nccc2ccc4c5ccc(CC(C)(C)C)cc5n3c4c21. The number of benzene rings is 4. The van der Waals surface area contributed by atoms with Gasteiger partial charge in [0.2, 0.25) is 0 Å². The second-order valence-electron chi connectivity index (χ2n) is 11.3. The highest BCUT2D eigenvalue weighted by molar-refractivity contribution is 6.28. The Hall–Kier alpha value is -3.65. The summed E-state index contributed by atoms with van der Waals surface area (Å²) in [6, 6.07) is 23.0. The van der Waals surface area contributed by atoms with Crippen molar-refractivity contribution in [3.63, 3.8) is 0 Å². The Morgan fingerprint density at radius 3 is 2.35 bits per heavy atom. The van der Waals surface area contributed by atoms with Crippen molar-refractivity contribution in [2.45, 2.75) is 41.0 Å². The summed E-state index contributed by atoms with van der Waals surface area (Å²) >= 11 is 0. The molecule has 0 fully saturated rings. The largest absolute Gasteiger partial charge is 0.308 e. The van der Waals surface area contributed by atoms with Gasteiger partial charge in [-0.25, -0.2) is 0 Å². The van der Waals surface area contributed by atoms with Crippen molar-refractivity contribution in [1.82, 2.24) is 9.38 Å². The van der Waals surface area contributed by atoms with Crippen molar-refractivity contribution in [1.29, 1.82) is 0 Å². The predicted molar refractivity (Wildman–Crippen MR) is 147 cm³/mol. The molecule has 0 atom stereocenters. The zero-order chi connectivity index (χ0) is 23.4. The van der Waals surface area contributed by atoms with Crippen LogP contribution in [0.25, 0.3) is 59.8 Å². The van der Waals surface area contributed by atoms with Gasteiger partial charge in [-0.3, -0.25) is 4.98 Å². The Morgan fingerprint density at radius 1 is 0.735 bits per heavy atom. The van der Waals surface area contributed by atoms with Gasteiger partial charge in [0.15, 0.2) is 0 Å². The van der Waals surface area contributed by atoms with E-state index in [1.807, 2.05) is 6.20 Å². The zero-order valence-corrected chi connectivity index (χ0v) is 20.5. The second-order valence-corrected chi connectivity index (χ2v) is 11.3. The predicted octanol–water partition coefficient (Wildman–Crippen LogP) is 8.74. The van der Waals surface area contributed by atoms with E-state index in [9.17, 15) is 0 Å². The lowest BCUT2D eigenvalue weighted by molar-refractivity contribution is 0.411. The van der Waals surface area contributed by atoms with Crippen LogP contribution in [0, 0.1) is 19.3 Å². The fourth-order valence-corrected chi connectivity index (χ4v) is 6.14. The fourth-order valence-electron chi connectivity index (χ4n) is 6.14. The normalized spacial score (nSPS) is 13.0. The molecule has 3 aromatic heterocycles. The van der Waals surface area contributed by atoms with E-state index in [1.54, 1.807) is 0 Å². The maximum Gasteiger partial charge on any atom is 0.0823 e. The highest BCUT2D eigenvalue weighted by atomic mass is 14.9. The van der Waals surface area contributed by atoms with Crippen molar-refractivity contribution in [2.75, 3.05) is 0 Å². The molecule has 2 heteroatoms. The minimum atomic E-state index is 0.243. The Bertz CT molecular complexity index is 1930. The molecular formula is C32H28N2. The number of fused-ring (bicyclic) bond motifs is 7. The molecule has 2 nitrogen and oxygen atoms in total. The first-order valence-corrected chi connectivity index (χ1v) is 12.2. The van der Waals surface area contributed by atoms with E-state index in [2.05, 4.69) is 99.7 Å². The maximum atomic E-state index is 4.95. The molecule has 3 heterocycles. The quantitative estimate of drug-likeness (QED) is 0.184. The van der Waals surface area contributed by atoms with Crippen LogP contribution >= 0.6 is 0 Å². The molecule has 0 aliphatic carbocycles. The molecule has 7 rings (SSSR count). The lowest BCUT2D eigenvalue weighted by Gasteiger charge is -2.18. The molecule has 34 heavy (non-hydrogen) atoms. The van der Waals surface area contributed by atoms with Crippen LogP contribution in [0.3, 0.4) is 0 Å². The number of hydrogen-bond acceptors (Lipinski definition) is 1. The monoisotopic (exact) mass is 440 g/mol. The van der Waals surface area contributed by atoms with Gasteiger partial charge in [-0.2, -0.15) is 0 Å². The number of aryl methyl sites for hydroxylation is 2. The van der Waals surface area contributed by atoms with Crippen molar-refractivity contribution >= 4 is 59.8 Å². The van der Waals surface area contributed by atoms with E-state index in [4.69, 9.17) is 4.98 Å². The molecule has 0 radical (unpaired) electrons. The van der Waals surface area contributed by atoms with E-state index in [0.29, 0.717) is 0 Å². The van der Waals surface area contributed by atoms with Crippen LogP contribution in [-0.2, 0) is 6.42 Å².